The highest BCUT2D eigenvalue weighted by atomic mass is 16.5. The Morgan fingerprint density at radius 1 is 0.667 bits per heavy atom. The van der Waals surface area contributed by atoms with Gasteiger partial charge in [0, 0.05) is 39.5 Å². The molecule has 2 aliphatic heterocycles. The van der Waals surface area contributed by atoms with E-state index in [-0.39, 0.29) is 23.7 Å². The molecule has 0 spiro atoms. The van der Waals surface area contributed by atoms with Crippen molar-refractivity contribution >= 4 is 11.8 Å². The summed E-state index contributed by atoms with van der Waals surface area (Å²) in [6.07, 6.45) is 5.03. The molecule has 172 valence electrons. The maximum Gasteiger partial charge on any atom is 0.249 e. The summed E-state index contributed by atoms with van der Waals surface area (Å²) in [5.41, 5.74) is 0. The van der Waals surface area contributed by atoms with Crippen molar-refractivity contribution in [3.05, 3.63) is 0 Å². The molecule has 0 bridgehead atoms. The van der Waals surface area contributed by atoms with Gasteiger partial charge < -0.3 is 30.3 Å². The normalized spacial score (nSPS) is 28.5. The second-order valence-electron chi connectivity index (χ2n) is 9.17. The first-order valence-electron chi connectivity index (χ1n) is 11.6. The van der Waals surface area contributed by atoms with Crippen molar-refractivity contribution in [1.29, 1.82) is 0 Å². The standard InChI is InChI=1S/C22H38N2O6/c25-19(17-5-9-29-10-6-17)21(27)23-13-15-1-2-16(4-3-15)14-24-22(28)20(26)18-7-11-30-12-8-18/h15-20,25-26H,1-14H2,(H,23,27)(H,24,28). The number of hydrogen-bond acceptors (Lipinski definition) is 6. The average molecular weight is 427 g/mol. The topological polar surface area (TPSA) is 117 Å². The molecule has 2 heterocycles. The van der Waals surface area contributed by atoms with Crippen molar-refractivity contribution in [3.63, 3.8) is 0 Å². The molecule has 2 atom stereocenters. The van der Waals surface area contributed by atoms with Gasteiger partial charge in [-0.25, -0.2) is 0 Å². The Morgan fingerprint density at radius 3 is 1.33 bits per heavy atom. The largest absolute Gasteiger partial charge is 0.383 e. The predicted molar refractivity (Wildman–Crippen MR) is 111 cm³/mol. The summed E-state index contributed by atoms with van der Waals surface area (Å²) >= 11 is 0. The number of carbonyl (C=O) groups is 2. The second kappa shape index (κ2) is 12.0. The molecule has 8 heteroatoms. The minimum atomic E-state index is -0.942. The molecule has 0 aromatic heterocycles. The van der Waals surface area contributed by atoms with Gasteiger partial charge in [-0.05, 0) is 75.0 Å². The van der Waals surface area contributed by atoms with Gasteiger partial charge in [-0.15, -0.1) is 0 Å². The lowest BCUT2D eigenvalue weighted by atomic mass is 9.81. The van der Waals surface area contributed by atoms with Gasteiger partial charge in [0.2, 0.25) is 11.8 Å². The van der Waals surface area contributed by atoms with Crippen LogP contribution < -0.4 is 10.6 Å². The van der Waals surface area contributed by atoms with E-state index in [4.69, 9.17) is 9.47 Å². The lowest BCUT2D eigenvalue weighted by molar-refractivity contribution is -0.135. The van der Waals surface area contributed by atoms with E-state index in [9.17, 15) is 19.8 Å². The number of aliphatic hydroxyl groups excluding tert-OH is 2. The molecule has 2 amide bonds. The van der Waals surface area contributed by atoms with E-state index >= 15 is 0 Å². The Bertz CT molecular complexity index is 492. The highest BCUT2D eigenvalue weighted by Gasteiger charge is 2.30. The molecule has 0 radical (unpaired) electrons. The van der Waals surface area contributed by atoms with Crippen LogP contribution in [0.15, 0.2) is 0 Å². The Morgan fingerprint density at radius 2 is 1.00 bits per heavy atom. The molecule has 0 aromatic carbocycles. The van der Waals surface area contributed by atoms with Crippen molar-refractivity contribution in [2.45, 2.75) is 63.6 Å². The molecule has 3 rings (SSSR count). The molecule has 1 aliphatic carbocycles. The summed E-state index contributed by atoms with van der Waals surface area (Å²) in [4.78, 5) is 24.5. The molecule has 3 fully saturated rings. The molecular weight excluding hydrogens is 388 g/mol. The van der Waals surface area contributed by atoms with Crippen molar-refractivity contribution in [2.75, 3.05) is 39.5 Å². The number of hydrogen-bond donors (Lipinski definition) is 4. The van der Waals surface area contributed by atoms with Crippen LogP contribution in [0.25, 0.3) is 0 Å². The number of carbonyl (C=O) groups excluding carboxylic acids is 2. The molecule has 30 heavy (non-hydrogen) atoms. The van der Waals surface area contributed by atoms with Gasteiger partial charge in [0.1, 0.15) is 12.2 Å². The van der Waals surface area contributed by atoms with Crippen LogP contribution in [0.4, 0.5) is 0 Å². The Hall–Kier alpha value is -1.22. The average Bonchev–Trinajstić information content (AvgIpc) is 2.81. The summed E-state index contributed by atoms with van der Waals surface area (Å²) in [6, 6.07) is 0. The zero-order valence-corrected chi connectivity index (χ0v) is 17.9. The van der Waals surface area contributed by atoms with Crippen molar-refractivity contribution in [3.8, 4) is 0 Å². The summed E-state index contributed by atoms with van der Waals surface area (Å²) in [5, 5.41) is 26.3. The Kier molecular flexibility index (Phi) is 9.36. The first-order valence-corrected chi connectivity index (χ1v) is 11.6. The third-order valence-corrected chi connectivity index (χ3v) is 7.06. The second-order valence-corrected chi connectivity index (χ2v) is 9.17. The monoisotopic (exact) mass is 426 g/mol. The molecule has 8 nitrogen and oxygen atoms in total. The number of rotatable bonds is 8. The molecular formula is C22H38N2O6. The van der Waals surface area contributed by atoms with Crippen molar-refractivity contribution < 1.29 is 29.3 Å². The van der Waals surface area contributed by atoms with E-state index in [1.165, 1.54) is 0 Å². The fourth-order valence-electron chi connectivity index (χ4n) is 4.83. The number of aliphatic hydroxyl groups is 2. The maximum absolute atomic E-state index is 12.2. The van der Waals surface area contributed by atoms with Crippen LogP contribution in [-0.4, -0.2) is 73.8 Å². The highest BCUT2D eigenvalue weighted by Crippen LogP contribution is 2.28. The molecule has 4 N–H and O–H groups in total. The van der Waals surface area contributed by atoms with E-state index in [2.05, 4.69) is 10.6 Å². The predicted octanol–water partition coefficient (Wildman–Crippen LogP) is 0.600. The zero-order chi connectivity index (χ0) is 21.3. The minimum Gasteiger partial charge on any atom is -0.383 e. The molecule has 0 aromatic rings. The van der Waals surface area contributed by atoms with Crippen LogP contribution >= 0.6 is 0 Å². The summed E-state index contributed by atoms with van der Waals surface area (Å²) in [5.74, 6) is 0.284. The zero-order valence-electron chi connectivity index (χ0n) is 17.9. The van der Waals surface area contributed by atoms with Gasteiger partial charge in [0.25, 0.3) is 0 Å². The number of ether oxygens (including phenoxy) is 2. The van der Waals surface area contributed by atoms with Crippen LogP contribution in [0.5, 0.6) is 0 Å². The minimum absolute atomic E-state index is 0.00501. The third kappa shape index (κ3) is 6.90. The van der Waals surface area contributed by atoms with Crippen LogP contribution in [0, 0.1) is 23.7 Å². The van der Waals surface area contributed by atoms with Crippen LogP contribution in [0.2, 0.25) is 0 Å². The smallest absolute Gasteiger partial charge is 0.249 e. The number of amides is 2. The van der Waals surface area contributed by atoms with Crippen molar-refractivity contribution in [1.82, 2.24) is 10.6 Å². The van der Waals surface area contributed by atoms with E-state index in [1.807, 2.05) is 0 Å². The lowest BCUT2D eigenvalue weighted by Gasteiger charge is -2.31. The first kappa shape index (κ1) is 23.4. The molecule has 2 unspecified atom stereocenters. The van der Waals surface area contributed by atoms with Gasteiger partial charge >= 0.3 is 0 Å². The van der Waals surface area contributed by atoms with E-state index < -0.39 is 12.2 Å². The van der Waals surface area contributed by atoms with Crippen LogP contribution in [0.3, 0.4) is 0 Å². The Balaban J connectivity index is 1.29. The van der Waals surface area contributed by atoms with E-state index in [0.29, 0.717) is 51.4 Å². The van der Waals surface area contributed by atoms with Gasteiger partial charge in [-0.1, -0.05) is 0 Å². The number of nitrogens with one attached hydrogen (secondary N) is 2. The third-order valence-electron chi connectivity index (χ3n) is 7.06. The highest BCUT2D eigenvalue weighted by molar-refractivity contribution is 5.81. The summed E-state index contributed by atoms with van der Waals surface area (Å²) in [7, 11) is 0. The summed E-state index contributed by atoms with van der Waals surface area (Å²) < 4.78 is 10.6. The molecule has 2 saturated heterocycles. The molecule has 1 saturated carbocycles. The summed E-state index contributed by atoms with van der Waals surface area (Å²) in [6.45, 7) is 3.65. The fourth-order valence-corrected chi connectivity index (χ4v) is 4.83. The maximum atomic E-state index is 12.2. The van der Waals surface area contributed by atoms with Gasteiger partial charge in [0.15, 0.2) is 0 Å². The molecule has 3 aliphatic rings. The van der Waals surface area contributed by atoms with Gasteiger partial charge in [-0.2, -0.15) is 0 Å². The lowest BCUT2D eigenvalue weighted by Crippen LogP contribution is -2.44. The fraction of sp³-hybridized carbons (Fsp3) is 0.909. The van der Waals surface area contributed by atoms with E-state index in [1.54, 1.807) is 0 Å². The van der Waals surface area contributed by atoms with Gasteiger partial charge in [-0.3, -0.25) is 9.59 Å². The van der Waals surface area contributed by atoms with E-state index in [0.717, 1.165) is 51.4 Å². The van der Waals surface area contributed by atoms with Crippen LogP contribution in [-0.2, 0) is 19.1 Å². The Labute approximate surface area is 179 Å². The van der Waals surface area contributed by atoms with Crippen LogP contribution in [0.1, 0.15) is 51.4 Å². The first-order chi connectivity index (χ1) is 14.5. The SMILES string of the molecule is O=C(NCC1CCC(CNC(=O)C(O)C2CCOCC2)CC1)C(O)C1CCOCC1. The quantitative estimate of drug-likeness (QED) is 0.452. The van der Waals surface area contributed by atoms with Crippen molar-refractivity contribution in [2.24, 2.45) is 23.7 Å². The van der Waals surface area contributed by atoms with Gasteiger partial charge in [0.05, 0.1) is 0 Å².